The molecule has 0 unspecified atom stereocenters. The average molecular weight is 286 g/mol. The first-order valence-corrected chi connectivity index (χ1v) is 7.62. The highest BCUT2D eigenvalue weighted by Crippen LogP contribution is 2.37. The second kappa shape index (κ2) is 5.17. The second-order valence-corrected chi connectivity index (χ2v) is 6.56. The van der Waals surface area contributed by atoms with Gasteiger partial charge in [-0.1, -0.05) is 17.7 Å². The predicted molar refractivity (Wildman–Crippen MR) is 81.1 cm³/mol. The van der Waals surface area contributed by atoms with Crippen LogP contribution in [-0.4, -0.2) is 36.3 Å². The Kier molecular flexibility index (Phi) is 3.47. The summed E-state index contributed by atoms with van der Waals surface area (Å²) in [7, 11) is 0. The highest BCUT2D eigenvalue weighted by Gasteiger charge is 2.41. The van der Waals surface area contributed by atoms with Gasteiger partial charge in [0, 0.05) is 31.6 Å². The zero-order valence-corrected chi connectivity index (χ0v) is 12.7. The van der Waals surface area contributed by atoms with Gasteiger partial charge in [-0.25, -0.2) is 0 Å². The summed E-state index contributed by atoms with van der Waals surface area (Å²) in [5, 5.41) is 2.93. The Labute approximate surface area is 125 Å². The minimum atomic E-state index is 0.0928. The van der Waals surface area contributed by atoms with E-state index in [9.17, 15) is 9.59 Å². The molecule has 21 heavy (non-hydrogen) atoms. The molecule has 112 valence electrons. The number of aryl methyl sites for hydroxylation is 2. The largest absolute Gasteiger partial charge is 0.356 e. The van der Waals surface area contributed by atoms with E-state index in [2.05, 4.69) is 5.32 Å². The van der Waals surface area contributed by atoms with E-state index in [-0.39, 0.29) is 17.2 Å². The smallest absolute Gasteiger partial charge is 0.254 e. The third-order valence-corrected chi connectivity index (χ3v) is 4.93. The van der Waals surface area contributed by atoms with Crippen LogP contribution in [0.2, 0.25) is 0 Å². The maximum atomic E-state index is 12.7. The summed E-state index contributed by atoms with van der Waals surface area (Å²) in [5.41, 5.74) is 3.05. The summed E-state index contributed by atoms with van der Waals surface area (Å²) < 4.78 is 0. The molecule has 0 atom stereocenters. The number of hydrogen-bond donors (Lipinski definition) is 1. The minimum absolute atomic E-state index is 0.0928. The van der Waals surface area contributed by atoms with E-state index < -0.39 is 0 Å². The lowest BCUT2D eigenvalue weighted by atomic mass is 9.77. The van der Waals surface area contributed by atoms with Crippen molar-refractivity contribution >= 4 is 11.8 Å². The molecule has 3 rings (SSSR count). The van der Waals surface area contributed by atoms with E-state index in [4.69, 9.17) is 0 Å². The fourth-order valence-electron chi connectivity index (χ4n) is 3.43. The number of likely N-dealkylation sites (tertiary alicyclic amines) is 1. The van der Waals surface area contributed by atoms with Crippen LogP contribution in [0.5, 0.6) is 0 Å². The number of piperidine rings is 1. The van der Waals surface area contributed by atoms with E-state index in [1.54, 1.807) is 0 Å². The quantitative estimate of drug-likeness (QED) is 0.859. The van der Waals surface area contributed by atoms with Crippen molar-refractivity contribution in [3.63, 3.8) is 0 Å². The zero-order chi connectivity index (χ0) is 15.0. The topological polar surface area (TPSA) is 49.4 Å². The molecule has 0 radical (unpaired) electrons. The van der Waals surface area contributed by atoms with Crippen LogP contribution < -0.4 is 5.32 Å². The van der Waals surface area contributed by atoms with Crippen LogP contribution in [-0.2, 0) is 4.79 Å². The molecular formula is C17H22N2O2. The van der Waals surface area contributed by atoms with Crippen LogP contribution in [0.1, 0.15) is 40.7 Å². The normalized spacial score (nSPS) is 20.7. The average Bonchev–Trinajstić information content (AvgIpc) is 2.83. The molecule has 2 aliphatic heterocycles. The molecule has 0 saturated carbocycles. The first-order chi connectivity index (χ1) is 9.99. The molecule has 4 nitrogen and oxygen atoms in total. The van der Waals surface area contributed by atoms with Gasteiger partial charge in [-0.15, -0.1) is 0 Å². The van der Waals surface area contributed by atoms with Gasteiger partial charge in [-0.3, -0.25) is 9.59 Å². The third-order valence-electron chi connectivity index (χ3n) is 4.93. The van der Waals surface area contributed by atoms with Crippen LogP contribution in [0.25, 0.3) is 0 Å². The Balaban J connectivity index is 1.70. The highest BCUT2D eigenvalue weighted by molar-refractivity contribution is 5.96. The monoisotopic (exact) mass is 286 g/mol. The maximum absolute atomic E-state index is 12.7. The number of nitrogens with one attached hydrogen (secondary N) is 1. The van der Waals surface area contributed by atoms with Gasteiger partial charge in [0.2, 0.25) is 5.91 Å². The van der Waals surface area contributed by atoms with Crippen molar-refractivity contribution in [3.05, 3.63) is 34.9 Å². The summed E-state index contributed by atoms with van der Waals surface area (Å²) in [6.45, 7) is 6.27. The molecule has 0 aliphatic carbocycles. The fraction of sp³-hybridized carbons (Fsp3) is 0.529. The van der Waals surface area contributed by atoms with Crippen LogP contribution >= 0.6 is 0 Å². The van der Waals surface area contributed by atoms with Crippen molar-refractivity contribution < 1.29 is 9.59 Å². The molecule has 1 N–H and O–H groups in total. The molecule has 0 bridgehead atoms. The van der Waals surface area contributed by atoms with Gasteiger partial charge in [0.05, 0.1) is 0 Å². The summed E-state index contributed by atoms with van der Waals surface area (Å²) in [4.78, 5) is 26.1. The van der Waals surface area contributed by atoms with E-state index in [0.717, 1.165) is 49.2 Å². The molecule has 1 aromatic carbocycles. The standard InChI is InChI=1S/C17H22N2O2/c1-12-3-4-13(2)14(9-12)16(21)19-7-5-17(6-8-19)10-15(20)18-11-17/h3-4,9H,5-8,10-11H2,1-2H3,(H,18,20). The highest BCUT2D eigenvalue weighted by atomic mass is 16.2. The molecule has 2 fully saturated rings. The maximum Gasteiger partial charge on any atom is 0.254 e. The van der Waals surface area contributed by atoms with Gasteiger partial charge in [0.15, 0.2) is 0 Å². The lowest BCUT2D eigenvalue weighted by Gasteiger charge is -2.38. The molecule has 2 aliphatic rings. The second-order valence-electron chi connectivity index (χ2n) is 6.56. The number of nitrogens with zero attached hydrogens (tertiary/aromatic N) is 1. The van der Waals surface area contributed by atoms with E-state index in [1.165, 1.54) is 0 Å². The van der Waals surface area contributed by atoms with Gasteiger partial charge in [0.25, 0.3) is 5.91 Å². The Morgan fingerprint density at radius 1 is 1.24 bits per heavy atom. The van der Waals surface area contributed by atoms with Crippen LogP contribution in [0.4, 0.5) is 0 Å². The van der Waals surface area contributed by atoms with Gasteiger partial charge in [0.1, 0.15) is 0 Å². The summed E-state index contributed by atoms with van der Waals surface area (Å²) >= 11 is 0. The Bertz CT molecular complexity index is 586. The fourth-order valence-corrected chi connectivity index (χ4v) is 3.43. The molecule has 2 saturated heterocycles. The summed E-state index contributed by atoms with van der Waals surface area (Å²) in [6.07, 6.45) is 2.46. The van der Waals surface area contributed by atoms with Crippen LogP contribution in [0, 0.1) is 19.3 Å². The van der Waals surface area contributed by atoms with E-state index in [1.807, 2.05) is 36.9 Å². The molecular weight excluding hydrogens is 264 g/mol. The molecule has 1 aromatic rings. The zero-order valence-electron chi connectivity index (χ0n) is 12.7. The Hall–Kier alpha value is -1.84. The lowest BCUT2D eigenvalue weighted by Crippen LogP contribution is -2.44. The number of carbonyl (C=O) groups is 2. The van der Waals surface area contributed by atoms with Crippen LogP contribution in [0.15, 0.2) is 18.2 Å². The SMILES string of the molecule is Cc1ccc(C)c(C(=O)N2CCC3(CC2)CNC(=O)C3)c1. The first-order valence-electron chi connectivity index (χ1n) is 7.62. The number of benzene rings is 1. The first kappa shape index (κ1) is 14.1. The third kappa shape index (κ3) is 2.67. The van der Waals surface area contributed by atoms with Crippen molar-refractivity contribution in [1.29, 1.82) is 0 Å². The van der Waals surface area contributed by atoms with Crippen molar-refractivity contribution in [2.24, 2.45) is 5.41 Å². The van der Waals surface area contributed by atoms with Crippen molar-refractivity contribution in [1.82, 2.24) is 10.2 Å². The lowest BCUT2D eigenvalue weighted by molar-refractivity contribution is -0.119. The number of rotatable bonds is 1. The molecule has 1 spiro atoms. The van der Waals surface area contributed by atoms with Crippen LogP contribution in [0.3, 0.4) is 0 Å². The van der Waals surface area contributed by atoms with E-state index >= 15 is 0 Å². The Morgan fingerprint density at radius 3 is 2.57 bits per heavy atom. The van der Waals surface area contributed by atoms with Gasteiger partial charge in [-0.05, 0) is 43.7 Å². The predicted octanol–water partition coefficient (Wildman–Crippen LogP) is 2.05. The molecule has 4 heteroatoms. The van der Waals surface area contributed by atoms with Crippen molar-refractivity contribution in [2.75, 3.05) is 19.6 Å². The summed E-state index contributed by atoms with van der Waals surface area (Å²) in [6, 6.07) is 6.02. The number of hydrogen-bond acceptors (Lipinski definition) is 2. The van der Waals surface area contributed by atoms with Crippen molar-refractivity contribution in [3.8, 4) is 0 Å². The minimum Gasteiger partial charge on any atom is -0.356 e. The molecule has 2 amide bonds. The Morgan fingerprint density at radius 2 is 1.95 bits per heavy atom. The molecule has 0 aromatic heterocycles. The molecule has 2 heterocycles. The van der Waals surface area contributed by atoms with Gasteiger partial charge < -0.3 is 10.2 Å². The van der Waals surface area contributed by atoms with Gasteiger partial charge >= 0.3 is 0 Å². The number of carbonyl (C=O) groups excluding carboxylic acids is 2. The number of amides is 2. The van der Waals surface area contributed by atoms with Crippen molar-refractivity contribution in [2.45, 2.75) is 33.1 Å². The summed E-state index contributed by atoms with van der Waals surface area (Å²) in [5.74, 6) is 0.285. The van der Waals surface area contributed by atoms with E-state index in [0.29, 0.717) is 6.42 Å². The van der Waals surface area contributed by atoms with Gasteiger partial charge in [-0.2, -0.15) is 0 Å².